The number of anilines is 2. The van der Waals surface area contributed by atoms with Gasteiger partial charge in [0.05, 0.1) is 25.0 Å². The second-order valence-electron chi connectivity index (χ2n) is 8.82. The maximum atomic E-state index is 12.8. The minimum absolute atomic E-state index is 0.164. The first-order valence-corrected chi connectivity index (χ1v) is 14.0. The zero-order valence-corrected chi connectivity index (χ0v) is 22.7. The molecular weight excluding hydrogens is 508 g/mol. The van der Waals surface area contributed by atoms with Crippen LogP contribution in [0.2, 0.25) is 0 Å². The molecule has 0 bridgehead atoms. The maximum absolute atomic E-state index is 12.8. The highest BCUT2D eigenvalue weighted by atomic mass is 32.2. The zero-order chi connectivity index (χ0) is 26.4. The third-order valence-electron chi connectivity index (χ3n) is 6.06. The number of nitrogens with one attached hydrogen (secondary N) is 2. The number of ether oxygens (including phenoxy) is 2. The molecule has 0 spiro atoms. The lowest BCUT2D eigenvalue weighted by Gasteiger charge is -2.18. The molecule has 1 unspecified atom stereocenters. The fourth-order valence-corrected chi connectivity index (χ4v) is 6.35. The van der Waals surface area contributed by atoms with Crippen molar-refractivity contribution in [2.24, 2.45) is 5.92 Å². The number of rotatable bonds is 9. The van der Waals surface area contributed by atoms with E-state index in [2.05, 4.69) is 17.6 Å². The summed E-state index contributed by atoms with van der Waals surface area (Å²) in [5.41, 5.74) is 2.68. The Bertz CT molecular complexity index is 1290. The van der Waals surface area contributed by atoms with E-state index in [1.165, 1.54) is 23.1 Å². The Morgan fingerprint density at radius 3 is 2.62 bits per heavy atom. The average Bonchev–Trinajstić information content (AvgIpc) is 3.24. The van der Waals surface area contributed by atoms with Crippen molar-refractivity contribution in [2.75, 3.05) is 30.1 Å². The van der Waals surface area contributed by atoms with Crippen LogP contribution in [0.3, 0.4) is 0 Å². The van der Waals surface area contributed by atoms with Crippen LogP contribution in [0.15, 0.2) is 53.4 Å². The number of carbonyl (C=O) groups excluding carboxylic acids is 3. The van der Waals surface area contributed by atoms with Gasteiger partial charge in [-0.2, -0.15) is 0 Å². The van der Waals surface area contributed by atoms with E-state index in [0.717, 1.165) is 34.6 Å². The van der Waals surface area contributed by atoms with Crippen LogP contribution < -0.4 is 15.4 Å². The second-order valence-corrected chi connectivity index (χ2v) is 11.0. The highest BCUT2D eigenvalue weighted by molar-refractivity contribution is 8.00. The molecule has 37 heavy (non-hydrogen) atoms. The van der Waals surface area contributed by atoms with Gasteiger partial charge in [-0.05, 0) is 80.1 Å². The van der Waals surface area contributed by atoms with E-state index in [0.29, 0.717) is 33.5 Å². The molecule has 0 radical (unpaired) electrons. The van der Waals surface area contributed by atoms with Gasteiger partial charge in [-0.3, -0.25) is 9.59 Å². The minimum atomic E-state index is -0.377. The molecule has 9 heteroatoms. The molecule has 1 aliphatic carbocycles. The normalized spacial score (nSPS) is 14.4. The van der Waals surface area contributed by atoms with Crippen LogP contribution in [0, 0.1) is 5.92 Å². The van der Waals surface area contributed by atoms with Crippen LogP contribution in [0.5, 0.6) is 5.75 Å². The first-order chi connectivity index (χ1) is 17.9. The summed E-state index contributed by atoms with van der Waals surface area (Å²) in [5.74, 6) is 0.590. The highest BCUT2D eigenvalue weighted by Crippen LogP contribution is 2.40. The highest BCUT2D eigenvalue weighted by Gasteiger charge is 2.29. The number of carbonyl (C=O) groups is 3. The molecule has 2 N–H and O–H groups in total. The van der Waals surface area contributed by atoms with Crippen LogP contribution >= 0.6 is 23.1 Å². The van der Waals surface area contributed by atoms with Crippen LogP contribution in [-0.2, 0) is 22.4 Å². The van der Waals surface area contributed by atoms with E-state index in [1.807, 2.05) is 18.2 Å². The van der Waals surface area contributed by atoms with Gasteiger partial charge in [-0.15, -0.1) is 23.1 Å². The summed E-state index contributed by atoms with van der Waals surface area (Å²) in [6.45, 7) is 4.27. The van der Waals surface area contributed by atoms with Crippen molar-refractivity contribution in [1.29, 1.82) is 0 Å². The summed E-state index contributed by atoms with van der Waals surface area (Å²) < 4.78 is 10.4. The number of hydrogen-bond donors (Lipinski definition) is 2. The predicted octanol–water partition coefficient (Wildman–Crippen LogP) is 6.04. The van der Waals surface area contributed by atoms with Crippen LogP contribution in [0.1, 0.15) is 51.4 Å². The second kappa shape index (κ2) is 12.3. The quantitative estimate of drug-likeness (QED) is 0.255. The van der Waals surface area contributed by atoms with Crippen molar-refractivity contribution < 1.29 is 23.9 Å². The molecule has 4 rings (SSSR count). The smallest absolute Gasteiger partial charge is 0.341 e. The molecular formula is C28H30N2O5S2. The fraction of sp³-hybridized carbons (Fsp3) is 0.321. The van der Waals surface area contributed by atoms with Gasteiger partial charge in [0, 0.05) is 21.0 Å². The Labute approximate surface area is 224 Å². The summed E-state index contributed by atoms with van der Waals surface area (Å²) in [4.78, 5) is 40.1. The summed E-state index contributed by atoms with van der Waals surface area (Å²) in [7, 11) is 1.58. The molecule has 1 heterocycles. The molecule has 194 valence electrons. The zero-order valence-electron chi connectivity index (χ0n) is 21.1. The summed E-state index contributed by atoms with van der Waals surface area (Å²) >= 11 is 2.84. The molecule has 2 aromatic carbocycles. The summed E-state index contributed by atoms with van der Waals surface area (Å²) in [5, 5.41) is 6.40. The first-order valence-electron chi connectivity index (χ1n) is 12.2. The Kier molecular flexibility index (Phi) is 8.89. The predicted molar refractivity (Wildman–Crippen MR) is 148 cm³/mol. The van der Waals surface area contributed by atoms with Gasteiger partial charge >= 0.3 is 5.97 Å². The minimum Gasteiger partial charge on any atom is -0.497 e. The van der Waals surface area contributed by atoms with E-state index in [-0.39, 0.29) is 30.1 Å². The van der Waals surface area contributed by atoms with Crippen LogP contribution in [-0.4, -0.2) is 37.3 Å². The lowest BCUT2D eigenvalue weighted by molar-refractivity contribution is -0.113. The molecule has 2 amide bonds. The van der Waals surface area contributed by atoms with Gasteiger partial charge in [0.15, 0.2) is 0 Å². The molecule has 1 aromatic heterocycles. The van der Waals surface area contributed by atoms with Crippen molar-refractivity contribution in [1.82, 2.24) is 0 Å². The van der Waals surface area contributed by atoms with Crippen molar-refractivity contribution >= 4 is 51.6 Å². The van der Waals surface area contributed by atoms with Crippen molar-refractivity contribution in [3.63, 3.8) is 0 Å². The van der Waals surface area contributed by atoms with Gasteiger partial charge < -0.3 is 20.1 Å². The monoisotopic (exact) mass is 538 g/mol. The lowest BCUT2D eigenvalue weighted by atomic mass is 9.88. The Hall–Kier alpha value is -3.30. The lowest BCUT2D eigenvalue weighted by Crippen LogP contribution is -2.17. The van der Waals surface area contributed by atoms with Gasteiger partial charge in [0.1, 0.15) is 10.8 Å². The largest absolute Gasteiger partial charge is 0.497 e. The van der Waals surface area contributed by atoms with Gasteiger partial charge in [-0.1, -0.05) is 13.0 Å². The van der Waals surface area contributed by atoms with Crippen LogP contribution in [0.4, 0.5) is 10.7 Å². The molecule has 0 aliphatic heterocycles. The van der Waals surface area contributed by atoms with E-state index in [9.17, 15) is 14.4 Å². The van der Waals surface area contributed by atoms with Crippen molar-refractivity contribution in [3.05, 3.63) is 70.1 Å². The molecule has 0 saturated heterocycles. The fourth-order valence-electron chi connectivity index (χ4n) is 4.18. The number of methoxy groups -OCH3 is 1. The van der Waals surface area contributed by atoms with Crippen LogP contribution in [0.25, 0.3) is 0 Å². The van der Waals surface area contributed by atoms with Crippen molar-refractivity contribution in [2.45, 2.75) is 38.0 Å². The molecule has 7 nitrogen and oxygen atoms in total. The number of thiophene rings is 1. The Morgan fingerprint density at radius 1 is 1.11 bits per heavy atom. The number of amides is 2. The molecule has 0 fully saturated rings. The standard InChI is InChI=1S/C28H30N2O5S2/c1-4-35-28(33)25-22-13-8-17(2)14-23(22)37-27(25)30-24(31)16-36-21-7-5-6-19(15-21)29-26(32)18-9-11-20(34-3)12-10-18/h5-7,9-12,15,17H,4,8,13-14,16H2,1-3H3,(H,29,32)(H,30,31). The van der Waals surface area contributed by atoms with Gasteiger partial charge in [-0.25, -0.2) is 4.79 Å². The van der Waals surface area contributed by atoms with E-state index < -0.39 is 0 Å². The number of hydrogen-bond acceptors (Lipinski definition) is 7. The van der Waals surface area contributed by atoms with E-state index in [1.54, 1.807) is 44.4 Å². The van der Waals surface area contributed by atoms with E-state index >= 15 is 0 Å². The maximum Gasteiger partial charge on any atom is 0.341 e. The summed E-state index contributed by atoms with van der Waals surface area (Å²) in [6, 6.07) is 14.2. The molecule has 1 aliphatic rings. The SMILES string of the molecule is CCOC(=O)c1c(NC(=O)CSc2cccc(NC(=O)c3ccc(OC)cc3)c2)sc2c1CCC(C)C2. The molecule has 0 saturated carbocycles. The number of thioether (sulfide) groups is 1. The number of esters is 1. The average molecular weight is 539 g/mol. The van der Waals surface area contributed by atoms with Gasteiger partial charge in [0.25, 0.3) is 5.91 Å². The Morgan fingerprint density at radius 2 is 1.89 bits per heavy atom. The number of fused-ring (bicyclic) bond motifs is 1. The van der Waals surface area contributed by atoms with Crippen molar-refractivity contribution in [3.8, 4) is 5.75 Å². The Balaban J connectivity index is 1.39. The third-order valence-corrected chi connectivity index (χ3v) is 8.22. The first kappa shape index (κ1) is 26.8. The number of benzene rings is 2. The summed E-state index contributed by atoms with van der Waals surface area (Å²) in [6.07, 6.45) is 2.75. The topological polar surface area (TPSA) is 93.7 Å². The molecule has 1 atom stereocenters. The van der Waals surface area contributed by atoms with E-state index in [4.69, 9.17) is 9.47 Å². The third kappa shape index (κ3) is 6.72. The van der Waals surface area contributed by atoms with Gasteiger partial charge in [0.2, 0.25) is 5.91 Å². The molecule has 3 aromatic rings.